The maximum atomic E-state index is 10.9. The van der Waals surface area contributed by atoms with Crippen molar-refractivity contribution in [2.45, 2.75) is 39.8 Å². The van der Waals surface area contributed by atoms with Crippen molar-refractivity contribution < 1.29 is 9.36 Å². The second-order valence-corrected chi connectivity index (χ2v) is 3.78. The molecule has 1 aromatic heterocycles. The first kappa shape index (κ1) is 9.96. The first-order chi connectivity index (χ1) is 6.07. The van der Waals surface area contributed by atoms with Crippen molar-refractivity contribution in [2.24, 2.45) is 0 Å². The third-order valence-corrected chi connectivity index (χ3v) is 2.14. The molecule has 0 unspecified atom stereocenters. The van der Waals surface area contributed by atoms with E-state index in [4.69, 9.17) is 0 Å². The van der Waals surface area contributed by atoms with E-state index in [-0.39, 0.29) is 0 Å². The first-order valence-electron chi connectivity index (χ1n) is 4.65. The molecule has 0 aliphatic rings. The third kappa shape index (κ3) is 1.79. The van der Waals surface area contributed by atoms with E-state index in [0.29, 0.717) is 12.1 Å². The molecule has 0 fully saturated rings. The molecule has 0 amide bonds. The van der Waals surface area contributed by atoms with Crippen LogP contribution in [0.5, 0.6) is 0 Å². The molecule has 0 saturated heterocycles. The van der Waals surface area contributed by atoms with Crippen LogP contribution < -0.4 is 4.57 Å². The van der Waals surface area contributed by atoms with Crippen LogP contribution in [0, 0.1) is 0 Å². The van der Waals surface area contributed by atoms with Crippen molar-refractivity contribution in [1.29, 1.82) is 0 Å². The van der Waals surface area contributed by atoms with Crippen LogP contribution in [0.3, 0.4) is 0 Å². The van der Waals surface area contributed by atoms with Gasteiger partial charge in [-0.3, -0.25) is 4.79 Å². The van der Waals surface area contributed by atoms with E-state index in [1.54, 1.807) is 0 Å². The van der Waals surface area contributed by atoms with Crippen LogP contribution in [-0.2, 0) is 0 Å². The van der Waals surface area contributed by atoms with Gasteiger partial charge in [0.2, 0.25) is 6.29 Å². The molecule has 1 rings (SSSR count). The molecule has 0 aliphatic carbocycles. The SMILES string of the molecule is CC(C)n1cc[n+](C(C)C)c1C=O. The fourth-order valence-electron chi connectivity index (χ4n) is 1.42. The Morgan fingerprint density at radius 3 is 2.38 bits per heavy atom. The molecular weight excluding hydrogens is 164 g/mol. The second-order valence-electron chi connectivity index (χ2n) is 3.78. The molecule has 3 nitrogen and oxygen atoms in total. The molecule has 3 heteroatoms. The molecule has 0 bridgehead atoms. The molecule has 0 saturated carbocycles. The minimum Gasteiger partial charge on any atom is -0.289 e. The van der Waals surface area contributed by atoms with E-state index in [1.165, 1.54) is 0 Å². The lowest BCUT2D eigenvalue weighted by Gasteiger charge is -2.04. The quantitative estimate of drug-likeness (QED) is 0.515. The van der Waals surface area contributed by atoms with Gasteiger partial charge in [-0.05, 0) is 27.7 Å². The molecule has 0 spiro atoms. The van der Waals surface area contributed by atoms with Crippen molar-refractivity contribution in [3.63, 3.8) is 0 Å². The number of rotatable bonds is 3. The summed E-state index contributed by atoms with van der Waals surface area (Å²) in [6, 6.07) is 0.667. The van der Waals surface area contributed by atoms with Crippen LogP contribution in [0.2, 0.25) is 0 Å². The van der Waals surface area contributed by atoms with Crippen molar-refractivity contribution in [1.82, 2.24) is 4.57 Å². The lowest BCUT2D eigenvalue weighted by molar-refractivity contribution is -0.717. The van der Waals surface area contributed by atoms with E-state index in [2.05, 4.69) is 27.7 Å². The Bertz CT molecular complexity index is 274. The summed E-state index contributed by atoms with van der Waals surface area (Å²) in [6.07, 6.45) is 4.82. The Kier molecular flexibility index (Phi) is 2.86. The van der Waals surface area contributed by atoms with Crippen molar-refractivity contribution >= 4 is 6.29 Å². The minimum atomic E-state index is 0.334. The number of hydrogen-bond acceptors (Lipinski definition) is 1. The van der Waals surface area contributed by atoms with E-state index in [9.17, 15) is 4.79 Å². The van der Waals surface area contributed by atoms with Gasteiger partial charge in [0.05, 0.1) is 12.1 Å². The minimum absolute atomic E-state index is 0.334. The Labute approximate surface area is 79.0 Å². The fraction of sp³-hybridized carbons (Fsp3) is 0.600. The van der Waals surface area contributed by atoms with Gasteiger partial charge in [-0.25, -0.2) is 9.13 Å². The topological polar surface area (TPSA) is 25.9 Å². The van der Waals surface area contributed by atoms with Crippen LogP contribution >= 0.6 is 0 Å². The predicted octanol–water partition coefficient (Wildman–Crippen LogP) is 1.75. The summed E-state index contributed by atoms with van der Waals surface area (Å²) in [5.41, 5.74) is 0. The highest BCUT2D eigenvalue weighted by Gasteiger charge is 2.19. The van der Waals surface area contributed by atoms with E-state index < -0.39 is 0 Å². The predicted molar refractivity (Wildman–Crippen MR) is 50.8 cm³/mol. The molecule has 1 aromatic rings. The molecule has 1 heterocycles. The van der Waals surface area contributed by atoms with Gasteiger partial charge in [-0.15, -0.1) is 0 Å². The zero-order valence-corrected chi connectivity index (χ0v) is 8.69. The maximum Gasteiger partial charge on any atom is 0.322 e. The highest BCUT2D eigenvalue weighted by atomic mass is 16.1. The first-order valence-corrected chi connectivity index (χ1v) is 4.65. The lowest BCUT2D eigenvalue weighted by Crippen LogP contribution is -2.39. The fourth-order valence-corrected chi connectivity index (χ4v) is 1.42. The number of aldehydes is 1. The number of aromatic nitrogens is 2. The Morgan fingerprint density at radius 1 is 1.38 bits per heavy atom. The molecule has 0 aliphatic heterocycles. The van der Waals surface area contributed by atoms with Gasteiger partial charge in [-0.2, -0.15) is 0 Å². The number of carbonyl (C=O) groups excluding carboxylic acids is 1. The monoisotopic (exact) mass is 181 g/mol. The van der Waals surface area contributed by atoms with Crippen LogP contribution in [-0.4, -0.2) is 10.9 Å². The van der Waals surface area contributed by atoms with Gasteiger partial charge < -0.3 is 0 Å². The van der Waals surface area contributed by atoms with E-state index in [0.717, 1.165) is 12.1 Å². The Balaban J connectivity index is 3.18. The summed E-state index contributed by atoms with van der Waals surface area (Å²) in [7, 11) is 0. The van der Waals surface area contributed by atoms with E-state index >= 15 is 0 Å². The molecule has 0 N–H and O–H groups in total. The highest BCUT2D eigenvalue weighted by molar-refractivity contribution is 5.67. The highest BCUT2D eigenvalue weighted by Crippen LogP contribution is 2.06. The third-order valence-electron chi connectivity index (χ3n) is 2.14. The molecule has 0 radical (unpaired) electrons. The molecule has 72 valence electrons. The molecular formula is C10H17N2O+. The zero-order valence-electron chi connectivity index (χ0n) is 8.69. The second kappa shape index (κ2) is 3.73. The maximum absolute atomic E-state index is 10.9. The number of imidazole rings is 1. The largest absolute Gasteiger partial charge is 0.322 e. The van der Waals surface area contributed by atoms with Crippen molar-refractivity contribution in [3.05, 3.63) is 18.2 Å². The van der Waals surface area contributed by atoms with Crippen molar-refractivity contribution in [2.75, 3.05) is 0 Å². The van der Waals surface area contributed by atoms with Gasteiger partial charge in [0.1, 0.15) is 12.4 Å². The standard InChI is InChI=1S/C10H17N2O/c1-8(2)11-5-6-12(9(3)4)10(11)7-13/h5-9H,1-4H3/q+1. The molecule has 13 heavy (non-hydrogen) atoms. The zero-order chi connectivity index (χ0) is 10.0. The molecule has 0 aromatic carbocycles. The average molecular weight is 181 g/mol. The number of carbonyl (C=O) groups is 1. The summed E-state index contributed by atoms with van der Waals surface area (Å²) >= 11 is 0. The van der Waals surface area contributed by atoms with Crippen molar-refractivity contribution in [3.8, 4) is 0 Å². The van der Waals surface area contributed by atoms with Crippen LogP contribution in [0.1, 0.15) is 50.4 Å². The summed E-state index contributed by atoms with van der Waals surface area (Å²) in [5, 5.41) is 0. The Morgan fingerprint density at radius 2 is 2.00 bits per heavy atom. The Hall–Kier alpha value is -1.12. The van der Waals surface area contributed by atoms with Crippen LogP contribution in [0.15, 0.2) is 12.4 Å². The molecule has 0 atom stereocenters. The lowest BCUT2D eigenvalue weighted by atomic mass is 10.3. The normalized spacial score (nSPS) is 11.2. The summed E-state index contributed by atoms with van der Waals surface area (Å²) in [6.45, 7) is 8.27. The van der Waals surface area contributed by atoms with Gasteiger partial charge in [0, 0.05) is 0 Å². The smallest absolute Gasteiger partial charge is 0.289 e. The van der Waals surface area contributed by atoms with Gasteiger partial charge in [0.15, 0.2) is 0 Å². The number of hydrogen-bond donors (Lipinski definition) is 0. The van der Waals surface area contributed by atoms with Gasteiger partial charge >= 0.3 is 5.82 Å². The van der Waals surface area contributed by atoms with Gasteiger partial charge in [0.25, 0.3) is 0 Å². The summed E-state index contributed by atoms with van der Waals surface area (Å²) in [4.78, 5) is 10.9. The van der Waals surface area contributed by atoms with Gasteiger partial charge in [-0.1, -0.05) is 0 Å². The summed E-state index contributed by atoms with van der Waals surface area (Å²) < 4.78 is 3.96. The van der Waals surface area contributed by atoms with Crippen LogP contribution in [0.4, 0.5) is 0 Å². The van der Waals surface area contributed by atoms with Crippen LogP contribution in [0.25, 0.3) is 0 Å². The average Bonchev–Trinajstić information content (AvgIpc) is 2.46. The number of nitrogens with zero attached hydrogens (tertiary/aromatic N) is 2. The van der Waals surface area contributed by atoms with E-state index in [1.807, 2.05) is 21.5 Å². The summed E-state index contributed by atoms with van der Waals surface area (Å²) in [5.74, 6) is 0.741.